The van der Waals surface area contributed by atoms with E-state index in [0.29, 0.717) is 24.7 Å². The Kier molecular flexibility index (Phi) is 9.04. The standard InChI is InChI=1S/C20H38N2O3/c1-17(2)16-25-20(23)21(3)18-8-10-19(11-9-18)24-15-7-6-14-22-12-4-5-13-22/h17-19H,4-16H2,1-3H3/t18-,19-. The lowest BCUT2D eigenvalue weighted by Crippen LogP contribution is -2.41. The first-order valence-electron chi connectivity index (χ1n) is 10.3. The second-order valence-corrected chi connectivity index (χ2v) is 8.14. The molecule has 0 unspecified atom stereocenters. The molecule has 2 aliphatic rings. The summed E-state index contributed by atoms with van der Waals surface area (Å²) >= 11 is 0. The predicted octanol–water partition coefficient (Wildman–Crippen LogP) is 3.91. The molecule has 25 heavy (non-hydrogen) atoms. The third kappa shape index (κ3) is 7.53. The Labute approximate surface area is 154 Å². The van der Waals surface area contributed by atoms with Gasteiger partial charge < -0.3 is 19.3 Å². The Morgan fingerprint density at radius 1 is 1.12 bits per heavy atom. The van der Waals surface area contributed by atoms with E-state index in [0.717, 1.165) is 38.7 Å². The molecule has 0 radical (unpaired) electrons. The van der Waals surface area contributed by atoms with Crippen molar-refractivity contribution in [3.8, 4) is 0 Å². The van der Waals surface area contributed by atoms with E-state index in [9.17, 15) is 4.79 Å². The number of hydrogen-bond acceptors (Lipinski definition) is 4. The number of amides is 1. The summed E-state index contributed by atoms with van der Waals surface area (Å²) in [4.78, 5) is 16.4. The molecule has 2 rings (SSSR count). The summed E-state index contributed by atoms with van der Waals surface area (Å²) in [6.07, 6.45) is 9.51. The first-order valence-corrected chi connectivity index (χ1v) is 10.3. The zero-order chi connectivity index (χ0) is 18.1. The molecule has 0 bridgehead atoms. The Balaban J connectivity index is 1.52. The Morgan fingerprint density at radius 2 is 1.80 bits per heavy atom. The highest BCUT2D eigenvalue weighted by molar-refractivity contribution is 5.67. The first-order chi connectivity index (χ1) is 12.1. The monoisotopic (exact) mass is 354 g/mol. The van der Waals surface area contributed by atoms with E-state index >= 15 is 0 Å². The fourth-order valence-corrected chi connectivity index (χ4v) is 3.78. The van der Waals surface area contributed by atoms with Crippen LogP contribution in [0.15, 0.2) is 0 Å². The first kappa shape index (κ1) is 20.5. The smallest absolute Gasteiger partial charge is 0.409 e. The molecule has 5 heteroatoms. The molecule has 1 saturated heterocycles. The van der Waals surface area contributed by atoms with Crippen LogP contribution in [-0.4, -0.2) is 67.9 Å². The summed E-state index contributed by atoms with van der Waals surface area (Å²) in [5.74, 6) is 0.381. The van der Waals surface area contributed by atoms with E-state index in [1.54, 1.807) is 4.90 Å². The highest BCUT2D eigenvalue weighted by Gasteiger charge is 2.27. The minimum atomic E-state index is -0.181. The highest BCUT2D eigenvalue weighted by atomic mass is 16.6. The molecule has 0 aromatic rings. The highest BCUT2D eigenvalue weighted by Crippen LogP contribution is 2.25. The van der Waals surface area contributed by atoms with Gasteiger partial charge in [0.25, 0.3) is 0 Å². The SMILES string of the molecule is CC(C)COC(=O)N(C)[C@H]1CC[C@H](OCCCCN2CCCC2)CC1. The average Bonchev–Trinajstić information content (AvgIpc) is 3.12. The molecule has 1 aliphatic heterocycles. The number of likely N-dealkylation sites (tertiary alicyclic amines) is 1. The Hall–Kier alpha value is -0.810. The fourth-order valence-electron chi connectivity index (χ4n) is 3.78. The average molecular weight is 355 g/mol. The minimum absolute atomic E-state index is 0.181. The number of nitrogens with zero attached hydrogens (tertiary/aromatic N) is 2. The largest absolute Gasteiger partial charge is 0.449 e. The van der Waals surface area contributed by atoms with Crippen LogP contribution in [0.3, 0.4) is 0 Å². The molecule has 0 aromatic heterocycles. The summed E-state index contributed by atoms with van der Waals surface area (Å²) in [5.41, 5.74) is 0. The van der Waals surface area contributed by atoms with Crippen molar-refractivity contribution in [2.24, 2.45) is 5.92 Å². The van der Waals surface area contributed by atoms with Gasteiger partial charge in [0.1, 0.15) is 0 Å². The lowest BCUT2D eigenvalue weighted by molar-refractivity contribution is 0.00647. The van der Waals surface area contributed by atoms with E-state index in [1.807, 2.05) is 7.05 Å². The summed E-state index contributed by atoms with van der Waals surface area (Å²) in [5, 5.41) is 0. The van der Waals surface area contributed by atoms with Gasteiger partial charge in [0.05, 0.1) is 12.7 Å². The van der Waals surface area contributed by atoms with Crippen molar-refractivity contribution >= 4 is 6.09 Å². The van der Waals surface area contributed by atoms with Crippen LogP contribution in [0.4, 0.5) is 4.79 Å². The summed E-state index contributed by atoms with van der Waals surface area (Å²) in [7, 11) is 1.87. The van der Waals surface area contributed by atoms with Gasteiger partial charge in [-0.1, -0.05) is 13.8 Å². The molecule has 0 N–H and O–H groups in total. The van der Waals surface area contributed by atoms with Crippen LogP contribution < -0.4 is 0 Å². The molecule has 1 saturated carbocycles. The van der Waals surface area contributed by atoms with Gasteiger partial charge in [-0.15, -0.1) is 0 Å². The van der Waals surface area contributed by atoms with Crippen LogP contribution in [0.2, 0.25) is 0 Å². The van der Waals surface area contributed by atoms with E-state index in [2.05, 4.69) is 18.7 Å². The second-order valence-electron chi connectivity index (χ2n) is 8.14. The molecule has 0 aromatic carbocycles. The molecule has 0 atom stereocenters. The van der Waals surface area contributed by atoms with E-state index in [-0.39, 0.29) is 6.09 Å². The molecule has 1 heterocycles. The summed E-state index contributed by atoms with van der Waals surface area (Å²) < 4.78 is 11.4. The molecule has 1 aliphatic carbocycles. The molecular formula is C20H38N2O3. The van der Waals surface area contributed by atoms with Crippen LogP contribution in [0.5, 0.6) is 0 Å². The van der Waals surface area contributed by atoms with Crippen LogP contribution in [-0.2, 0) is 9.47 Å². The normalized spacial score (nSPS) is 24.6. The van der Waals surface area contributed by atoms with E-state index in [4.69, 9.17) is 9.47 Å². The molecule has 1 amide bonds. The third-order valence-corrected chi connectivity index (χ3v) is 5.44. The lowest BCUT2D eigenvalue weighted by Gasteiger charge is -2.34. The zero-order valence-electron chi connectivity index (χ0n) is 16.5. The number of unbranched alkanes of at least 4 members (excludes halogenated alkanes) is 1. The maximum atomic E-state index is 12.0. The van der Waals surface area contributed by atoms with Gasteiger partial charge in [0, 0.05) is 19.7 Å². The summed E-state index contributed by atoms with van der Waals surface area (Å²) in [6.45, 7) is 9.31. The Bertz CT molecular complexity index is 375. The van der Waals surface area contributed by atoms with Crippen molar-refractivity contribution in [3.63, 3.8) is 0 Å². The van der Waals surface area contributed by atoms with Gasteiger partial charge in [0.2, 0.25) is 0 Å². The van der Waals surface area contributed by atoms with Crippen LogP contribution in [0.1, 0.15) is 65.2 Å². The van der Waals surface area contributed by atoms with Gasteiger partial charge in [-0.25, -0.2) is 4.79 Å². The molecular weight excluding hydrogens is 316 g/mol. The molecule has 2 fully saturated rings. The molecule has 146 valence electrons. The number of rotatable bonds is 9. The van der Waals surface area contributed by atoms with Crippen molar-refractivity contribution in [3.05, 3.63) is 0 Å². The van der Waals surface area contributed by atoms with Crippen molar-refractivity contribution < 1.29 is 14.3 Å². The molecule has 0 spiro atoms. The quantitative estimate of drug-likeness (QED) is 0.589. The van der Waals surface area contributed by atoms with Crippen molar-refractivity contribution in [1.29, 1.82) is 0 Å². The van der Waals surface area contributed by atoms with Crippen LogP contribution in [0, 0.1) is 5.92 Å². The van der Waals surface area contributed by atoms with Gasteiger partial charge in [0.15, 0.2) is 0 Å². The van der Waals surface area contributed by atoms with E-state index < -0.39 is 0 Å². The van der Waals surface area contributed by atoms with Crippen molar-refractivity contribution in [1.82, 2.24) is 9.80 Å². The van der Waals surface area contributed by atoms with Gasteiger partial charge in [-0.3, -0.25) is 0 Å². The maximum absolute atomic E-state index is 12.0. The van der Waals surface area contributed by atoms with E-state index in [1.165, 1.54) is 38.9 Å². The number of carbonyl (C=O) groups is 1. The lowest BCUT2D eigenvalue weighted by atomic mass is 9.92. The van der Waals surface area contributed by atoms with Crippen molar-refractivity contribution in [2.45, 2.75) is 77.4 Å². The van der Waals surface area contributed by atoms with Gasteiger partial charge >= 0.3 is 6.09 Å². The maximum Gasteiger partial charge on any atom is 0.409 e. The number of hydrogen-bond donors (Lipinski definition) is 0. The van der Waals surface area contributed by atoms with Gasteiger partial charge in [-0.05, 0) is 76.9 Å². The number of carbonyl (C=O) groups excluding carboxylic acids is 1. The van der Waals surface area contributed by atoms with Crippen LogP contribution in [0.25, 0.3) is 0 Å². The fraction of sp³-hybridized carbons (Fsp3) is 0.950. The topological polar surface area (TPSA) is 42.0 Å². The van der Waals surface area contributed by atoms with Crippen LogP contribution >= 0.6 is 0 Å². The second kappa shape index (κ2) is 11.0. The summed E-state index contributed by atoms with van der Waals surface area (Å²) in [6, 6.07) is 0.301. The minimum Gasteiger partial charge on any atom is -0.449 e. The zero-order valence-corrected chi connectivity index (χ0v) is 16.5. The molecule has 5 nitrogen and oxygen atoms in total. The predicted molar refractivity (Wildman–Crippen MR) is 101 cm³/mol. The Morgan fingerprint density at radius 3 is 2.44 bits per heavy atom. The third-order valence-electron chi connectivity index (χ3n) is 5.44. The number of ether oxygens (including phenoxy) is 2. The van der Waals surface area contributed by atoms with Crippen molar-refractivity contribution in [2.75, 3.05) is 39.9 Å². The van der Waals surface area contributed by atoms with Gasteiger partial charge in [-0.2, -0.15) is 0 Å².